The maximum Gasteiger partial charge on any atom is 0.157 e. The highest BCUT2D eigenvalue weighted by atomic mass is 19.1. The summed E-state index contributed by atoms with van der Waals surface area (Å²) in [6.45, 7) is 5.87. The van der Waals surface area contributed by atoms with E-state index < -0.39 is 11.6 Å². The van der Waals surface area contributed by atoms with Gasteiger partial charge in [0.15, 0.2) is 11.6 Å². The molecule has 3 heterocycles. The van der Waals surface area contributed by atoms with Crippen LogP contribution in [0.15, 0.2) is 55.0 Å². The zero-order valence-electron chi connectivity index (χ0n) is 18.2. The normalized spacial score (nSPS) is 11.4. The third kappa shape index (κ3) is 3.89. The topological polar surface area (TPSA) is 82.3 Å². The van der Waals surface area contributed by atoms with Crippen LogP contribution >= 0.6 is 0 Å². The Balaban J connectivity index is 1.49. The number of rotatable bonds is 6. The summed E-state index contributed by atoms with van der Waals surface area (Å²) in [7, 11) is 0. The first-order valence-electron chi connectivity index (χ1n) is 10.7. The molecule has 3 aromatic heterocycles. The van der Waals surface area contributed by atoms with Crippen LogP contribution in [0.1, 0.15) is 18.1 Å². The molecule has 0 fully saturated rings. The van der Waals surface area contributed by atoms with E-state index in [0.29, 0.717) is 17.0 Å². The summed E-state index contributed by atoms with van der Waals surface area (Å²) < 4.78 is 27.7. The average molecular weight is 444 g/mol. The Morgan fingerprint density at radius 3 is 2.48 bits per heavy atom. The van der Waals surface area contributed by atoms with Crippen LogP contribution in [-0.4, -0.2) is 31.7 Å². The van der Waals surface area contributed by atoms with E-state index in [9.17, 15) is 8.78 Å². The van der Waals surface area contributed by atoms with Gasteiger partial charge in [-0.05, 0) is 41.8 Å². The molecule has 0 amide bonds. The van der Waals surface area contributed by atoms with E-state index >= 15 is 0 Å². The van der Waals surface area contributed by atoms with Crippen molar-refractivity contribution in [2.75, 3.05) is 6.54 Å². The highest BCUT2D eigenvalue weighted by Gasteiger charge is 2.17. The first-order valence-corrected chi connectivity index (χ1v) is 10.7. The minimum Gasteiger partial charge on any atom is -0.336 e. The molecular weight excluding hydrogens is 422 g/mol. The molecule has 0 saturated heterocycles. The first-order chi connectivity index (χ1) is 16.0. The number of hydrogen-bond acceptors (Lipinski definition) is 4. The van der Waals surface area contributed by atoms with Crippen LogP contribution in [-0.2, 0) is 6.54 Å². The van der Waals surface area contributed by atoms with Gasteiger partial charge in [-0.25, -0.2) is 13.8 Å². The van der Waals surface area contributed by atoms with Crippen LogP contribution in [0.5, 0.6) is 0 Å². The Morgan fingerprint density at radius 1 is 0.970 bits per heavy atom. The predicted molar refractivity (Wildman–Crippen MR) is 124 cm³/mol. The molecule has 0 aliphatic rings. The molecule has 2 aromatic carbocycles. The molecule has 8 heteroatoms. The summed E-state index contributed by atoms with van der Waals surface area (Å²) in [5, 5.41) is 10.4. The quantitative estimate of drug-likeness (QED) is 0.328. The third-order valence-corrected chi connectivity index (χ3v) is 5.77. The molecule has 0 radical (unpaired) electrons. The molecule has 6 nitrogen and oxygen atoms in total. The molecule has 0 aliphatic carbocycles. The van der Waals surface area contributed by atoms with E-state index in [2.05, 4.69) is 44.3 Å². The van der Waals surface area contributed by atoms with Crippen molar-refractivity contribution in [1.82, 2.24) is 30.5 Å². The number of H-pyrrole nitrogens is 2. The van der Waals surface area contributed by atoms with Crippen molar-refractivity contribution < 1.29 is 8.78 Å². The largest absolute Gasteiger partial charge is 0.336 e. The van der Waals surface area contributed by atoms with E-state index in [4.69, 9.17) is 0 Å². The molecular formula is C25H22F2N6. The number of aromatic nitrogens is 5. The van der Waals surface area contributed by atoms with Gasteiger partial charge < -0.3 is 10.3 Å². The Kier molecular flexibility index (Phi) is 5.43. The number of imidazole rings is 1. The molecule has 0 saturated carbocycles. The van der Waals surface area contributed by atoms with Crippen LogP contribution in [0.2, 0.25) is 0 Å². The summed E-state index contributed by atoms with van der Waals surface area (Å²) in [6.07, 6.45) is 5.47. The predicted octanol–water partition coefficient (Wildman–Crippen LogP) is 5.38. The van der Waals surface area contributed by atoms with Gasteiger partial charge in [0.2, 0.25) is 0 Å². The second-order valence-corrected chi connectivity index (χ2v) is 7.86. The molecule has 0 spiro atoms. The molecule has 166 valence electrons. The number of hydrogen-bond donors (Lipinski definition) is 3. The Morgan fingerprint density at radius 2 is 1.73 bits per heavy atom. The monoisotopic (exact) mass is 444 g/mol. The molecule has 0 atom stereocenters. The standard InChI is InChI=1S/C25H22F2N6/c1-3-28-10-17-11-29-12-19(14(17)2)15-4-6-16(7-5-15)20-13-30-33-23(20)25-31-22-9-18(26)8-21(27)24(22)32-25/h4-9,11-13,28H,3,10H2,1-2H3,(H,30,33)(H,31,32). The van der Waals surface area contributed by atoms with Crippen LogP contribution in [0.3, 0.4) is 0 Å². The van der Waals surface area contributed by atoms with Crippen molar-refractivity contribution in [3.63, 3.8) is 0 Å². The molecule has 5 aromatic rings. The van der Waals surface area contributed by atoms with Gasteiger partial charge in [-0.3, -0.25) is 10.1 Å². The zero-order valence-corrected chi connectivity index (χ0v) is 18.2. The van der Waals surface area contributed by atoms with Gasteiger partial charge in [0.05, 0.1) is 11.7 Å². The van der Waals surface area contributed by atoms with Gasteiger partial charge in [0.1, 0.15) is 17.0 Å². The fourth-order valence-corrected chi connectivity index (χ4v) is 3.97. The number of aromatic amines is 2. The van der Waals surface area contributed by atoms with Crippen molar-refractivity contribution in [3.8, 4) is 33.8 Å². The van der Waals surface area contributed by atoms with E-state index in [1.165, 1.54) is 17.2 Å². The van der Waals surface area contributed by atoms with Crippen LogP contribution in [0.4, 0.5) is 8.78 Å². The number of nitrogens with zero attached hydrogens (tertiary/aromatic N) is 3. The number of benzene rings is 2. The molecule has 5 rings (SSSR count). The average Bonchev–Trinajstić information content (AvgIpc) is 3.46. The highest BCUT2D eigenvalue weighted by Crippen LogP contribution is 2.32. The summed E-state index contributed by atoms with van der Waals surface area (Å²) in [5.74, 6) is -0.976. The summed E-state index contributed by atoms with van der Waals surface area (Å²) >= 11 is 0. The SMILES string of the molecule is CCNCc1cncc(-c2ccc(-c3cn[nH]c3-c3nc4c(F)cc(F)cc4[nH]3)cc2)c1C. The molecule has 0 bridgehead atoms. The van der Waals surface area contributed by atoms with Gasteiger partial charge in [0.25, 0.3) is 0 Å². The maximum atomic E-state index is 14.1. The lowest BCUT2D eigenvalue weighted by Gasteiger charge is -2.12. The molecule has 0 aliphatic heterocycles. The van der Waals surface area contributed by atoms with E-state index in [0.717, 1.165) is 41.4 Å². The van der Waals surface area contributed by atoms with Crippen LogP contribution in [0.25, 0.3) is 44.8 Å². The number of halogens is 2. The van der Waals surface area contributed by atoms with Gasteiger partial charge >= 0.3 is 0 Å². The summed E-state index contributed by atoms with van der Waals surface area (Å²) in [5.41, 5.74) is 7.21. The number of nitrogens with one attached hydrogen (secondary N) is 3. The van der Waals surface area contributed by atoms with Gasteiger partial charge in [0, 0.05) is 36.1 Å². The van der Waals surface area contributed by atoms with Crippen LogP contribution in [0, 0.1) is 18.6 Å². The lowest BCUT2D eigenvalue weighted by molar-refractivity contribution is 0.590. The first kappa shape index (κ1) is 21.0. The van der Waals surface area contributed by atoms with Crippen molar-refractivity contribution in [3.05, 3.63) is 77.8 Å². The second kappa shape index (κ2) is 8.55. The fraction of sp³-hybridized carbons (Fsp3) is 0.160. The Labute approximate surface area is 189 Å². The van der Waals surface area contributed by atoms with E-state index in [1.54, 1.807) is 6.20 Å². The minimum atomic E-state index is -0.710. The molecule has 0 unspecified atom stereocenters. The Bertz CT molecular complexity index is 1440. The zero-order chi connectivity index (χ0) is 22.9. The number of pyridine rings is 1. The maximum absolute atomic E-state index is 14.1. The number of fused-ring (bicyclic) bond motifs is 1. The fourth-order valence-electron chi connectivity index (χ4n) is 3.97. The van der Waals surface area contributed by atoms with Gasteiger partial charge in [-0.2, -0.15) is 5.10 Å². The third-order valence-electron chi connectivity index (χ3n) is 5.77. The van der Waals surface area contributed by atoms with Gasteiger partial charge in [-0.1, -0.05) is 31.2 Å². The minimum absolute atomic E-state index is 0.0858. The van der Waals surface area contributed by atoms with Crippen molar-refractivity contribution in [1.29, 1.82) is 0 Å². The van der Waals surface area contributed by atoms with Crippen LogP contribution < -0.4 is 5.32 Å². The molecule has 3 N–H and O–H groups in total. The van der Waals surface area contributed by atoms with E-state index in [1.807, 2.05) is 36.7 Å². The smallest absolute Gasteiger partial charge is 0.157 e. The van der Waals surface area contributed by atoms with E-state index in [-0.39, 0.29) is 5.52 Å². The molecule has 33 heavy (non-hydrogen) atoms. The second-order valence-electron chi connectivity index (χ2n) is 7.86. The Hall–Kier alpha value is -3.91. The summed E-state index contributed by atoms with van der Waals surface area (Å²) in [4.78, 5) is 11.7. The lowest BCUT2D eigenvalue weighted by Crippen LogP contribution is -2.13. The lowest BCUT2D eigenvalue weighted by atomic mass is 9.97. The van der Waals surface area contributed by atoms with Crippen molar-refractivity contribution in [2.24, 2.45) is 0 Å². The van der Waals surface area contributed by atoms with Gasteiger partial charge in [-0.15, -0.1) is 0 Å². The van der Waals surface area contributed by atoms with Crippen molar-refractivity contribution >= 4 is 11.0 Å². The highest BCUT2D eigenvalue weighted by molar-refractivity contribution is 5.84. The summed E-state index contributed by atoms with van der Waals surface area (Å²) in [6, 6.07) is 10.1. The van der Waals surface area contributed by atoms with Crippen molar-refractivity contribution in [2.45, 2.75) is 20.4 Å².